The molecular formula is C12H24ClN3O. The summed E-state index contributed by atoms with van der Waals surface area (Å²) in [5.41, 5.74) is 5.38. The molecule has 4 nitrogen and oxygen atoms in total. The molecule has 1 aliphatic heterocycles. The zero-order valence-electron chi connectivity index (χ0n) is 10.4. The van der Waals surface area contributed by atoms with Crippen LogP contribution in [0.5, 0.6) is 0 Å². The number of nitrogens with two attached hydrogens (primary N) is 1. The van der Waals surface area contributed by atoms with Gasteiger partial charge in [-0.2, -0.15) is 0 Å². The molecule has 1 atom stereocenters. The molecule has 1 saturated heterocycles. The van der Waals surface area contributed by atoms with Gasteiger partial charge >= 0.3 is 0 Å². The van der Waals surface area contributed by atoms with Crippen molar-refractivity contribution >= 4 is 18.3 Å². The topological polar surface area (TPSA) is 58.4 Å². The average molecular weight is 262 g/mol. The quantitative estimate of drug-likeness (QED) is 0.762. The van der Waals surface area contributed by atoms with Gasteiger partial charge in [0.15, 0.2) is 0 Å². The normalized spacial score (nSPS) is 25.1. The Hall–Kier alpha value is -0.320. The molecule has 3 N–H and O–H groups in total. The number of carbonyl (C=O) groups is 1. The minimum absolute atomic E-state index is 0. The van der Waals surface area contributed by atoms with Gasteiger partial charge in [-0.25, -0.2) is 0 Å². The lowest BCUT2D eigenvalue weighted by Crippen LogP contribution is -2.44. The van der Waals surface area contributed by atoms with Crippen molar-refractivity contribution in [3.8, 4) is 0 Å². The van der Waals surface area contributed by atoms with E-state index in [0.717, 1.165) is 25.3 Å². The van der Waals surface area contributed by atoms with Crippen molar-refractivity contribution in [1.29, 1.82) is 0 Å². The summed E-state index contributed by atoms with van der Waals surface area (Å²) in [4.78, 5) is 14.3. The molecule has 1 aliphatic carbocycles. The van der Waals surface area contributed by atoms with Gasteiger partial charge in [0.05, 0.1) is 5.92 Å². The van der Waals surface area contributed by atoms with Crippen LogP contribution in [-0.2, 0) is 4.79 Å². The number of piperidine rings is 1. The summed E-state index contributed by atoms with van der Waals surface area (Å²) in [6.45, 7) is 4.48. The van der Waals surface area contributed by atoms with Crippen molar-refractivity contribution < 1.29 is 4.79 Å². The van der Waals surface area contributed by atoms with E-state index in [9.17, 15) is 4.79 Å². The minimum atomic E-state index is 0. The standard InChI is InChI=1S/C12H23N3O.ClH/c13-5-6-14-12(16)11-2-1-7-15(9-11)8-10-3-4-10;/h10-11H,1-9,13H2,(H,14,16);1H. The van der Waals surface area contributed by atoms with Gasteiger partial charge in [-0.3, -0.25) is 4.79 Å². The Morgan fingerprint density at radius 1 is 1.35 bits per heavy atom. The van der Waals surface area contributed by atoms with E-state index in [1.165, 1.54) is 25.9 Å². The van der Waals surface area contributed by atoms with Crippen LogP contribution in [-0.4, -0.2) is 43.5 Å². The van der Waals surface area contributed by atoms with E-state index < -0.39 is 0 Å². The predicted molar refractivity (Wildman–Crippen MR) is 71.2 cm³/mol. The first-order chi connectivity index (χ1) is 7.79. The van der Waals surface area contributed by atoms with E-state index in [1.807, 2.05) is 0 Å². The lowest BCUT2D eigenvalue weighted by Gasteiger charge is -2.31. The molecule has 1 unspecified atom stereocenters. The molecule has 2 rings (SSSR count). The van der Waals surface area contributed by atoms with E-state index in [2.05, 4.69) is 10.2 Å². The van der Waals surface area contributed by atoms with Crippen molar-refractivity contribution in [3.05, 3.63) is 0 Å². The fourth-order valence-electron chi connectivity index (χ4n) is 2.44. The maximum atomic E-state index is 11.8. The Balaban J connectivity index is 0.00000144. The summed E-state index contributed by atoms with van der Waals surface area (Å²) in [6, 6.07) is 0. The van der Waals surface area contributed by atoms with Gasteiger partial charge in [-0.05, 0) is 38.1 Å². The fraction of sp³-hybridized carbons (Fsp3) is 0.917. The number of rotatable bonds is 5. The third-order valence-corrected chi connectivity index (χ3v) is 3.53. The molecule has 100 valence electrons. The number of hydrogen-bond acceptors (Lipinski definition) is 3. The molecule has 1 saturated carbocycles. The molecule has 1 heterocycles. The second kappa shape index (κ2) is 7.19. The number of nitrogens with zero attached hydrogens (tertiary/aromatic N) is 1. The Morgan fingerprint density at radius 3 is 2.76 bits per heavy atom. The molecule has 0 aromatic carbocycles. The monoisotopic (exact) mass is 261 g/mol. The highest BCUT2D eigenvalue weighted by molar-refractivity contribution is 5.85. The van der Waals surface area contributed by atoms with Crippen LogP contribution in [0.4, 0.5) is 0 Å². The van der Waals surface area contributed by atoms with Crippen LogP contribution in [0, 0.1) is 11.8 Å². The zero-order valence-corrected chi connectivity index (χ0v) is 11.2. The van der Waals surface area contributed by atoms with Crippen LogP contribution in [0.25, 0.3) is 0 Å². The summed E-state index contributed by atoms with van der Waals surface area (Å²) in [5.74, 6) is 1.32. The van der Waals surface area contributed by atoms with Crippen LogP contribution < -0.4 is 11.1 Å². The summed E-state index contributed by atoms with van der Waals surface area (Å²) in [5, 5.41) is 2.90. The summed E-state index contributed by atoms with van der Waals surface area (Å²) in [6.07, 6.45) is 4.98. The molecule has 5 heteroatoms. The molecule has 2 aliphatic rings. The van der Waals surface area contributed by atoms with Crippen LogP contribution >= 0.6 is 12.4 Å². The number of amides is 1. The molecule has 0 radical (unpaired) electrons. The van der Waals surface area contributed by atoms with Crippen molar-refractivity contribution in [2.45, 2.75) is 25.7 Å². The summed E-state index contributed by atoms with van der Waals surface area (Å²) in [7, 11) is 0. The molecule has 0 spiro atoms. The first kappa shape index (κ1) is 14.7. The summed E-state index contributed by atoms with van der Waals surface area (Å²) >= 11 is 0. The molecule has 1 amide bonds. The SMILES string of the molecule is Cl.NCCNC(=O)C1CCCN(CC2CC2)C1. The van der Waals surface area contributed by atoms with E-state index in [4.69, 9.17) is 5.73 Å². The average Bonchev–Trinajstić information content (AvgIpc) is 3.10. The summed E-state index contributed by atoms with van der Waals surface area (Å²) < 4.78 is 0. The lowest BCUT2D eigenvalue weighted by atomic mass is 9.97. The Labute approximate surface area is 110 Å². The molecule has 0 aromatic heterocycles. The molecule has 0 aromatic rings. The number of carbonyl (C=O) groups excluding carboxylic acids is 1. The van der Waals surface area contributed by atoms with Crippen molar-refractivity contribution in [2.24, 2.45) is 17.6 Å². The van der Waals surface area contributed by atoms with Gasteiger partial charge in [0.1, 0.15) is 0 Å². The predicted octanol–water partition coefficient (Wildman–Crippen LogP) is 0.605. The van der Waals surface area contributed by atoms with Crippen molar-refractivity contribution in [2.75, 3.05) is 32.7 Å². The smallest absolute Gasteiger partial charge is 0.224 e. The zero-order chi connectivity index (χ0) is 11.4. The van der Waals surface area contributed by atoms with Gasteiger partial charge in [-0.1, -0.05) is 0 Å². The second-order valence-electron chi connectivity index (χ2n) is 5.12. The van der Waals surface area contributed by atoms with E-state index in [0.29, 0.717) is 13.1 Å². The largest absolute Gasteiger partial charge is 0.355 e. The van der Waals surface area contributed by atoms with Crippen molar-refractivity contribution in [1.82, 2.24) is 10.2 Å². The molecule has 0 bridgehead atoms. The van der Waals surface area contributed by atoms with Crippen molar-refractivity contribution in [3.63, 3.8) is 0 Å². The third kappa shape index (κ3) is 4.82. The van der Waals surface area contributed by atoms with E-state index in [-0.39, 0.29) is 24.2 Å². The highest BCUT2D eigenvalue weighted by Crippen LogP contribution is 2.31. The molecule has 2 fully saturated rings. The van der Waals surface area contributed by atoms with Gasteiger partial charge in [0.25, 0.3) is 0 Å². The number of halogens is 1. The maximum Gasteiger partial charge on any atom is 0.224 e. The van der Waals surface area contributed by atoms with Crippen LogP contribution in [0.3, 0.4) is 0 Å². The highest BCUT2D eigenvalue weighted by atomic mass is 35.5. The van der Waals surface area contributed by atoms with E-state index in [1.54, 1.807) is 0 Å². The molecule has 17 heavy (non-hydrogen) atoms. The third-order valence-electron chi connectivity index (χ3n) is 3.53. The van der Waals surface area contributed by atoms with Gasteiger partial charge < -0.3 is 16.0 Å². The second-order valence-corrected chi connectivity index (χ2v) is 5.12. The van der Waals surface area contributed by atoms with Crippen LogP contribution in [0.1, 0.15) is 25.7 Å². The van der Waals surface area contributed by atoms with Crippen LogP contribution in [0.15, 0.2) is 0 Å². The van der Waals surface area contributed by atoms with Crippen LogP contribution in [0.2, 0.25) is 0 Å². The Bertz CT molecular complexity index is 246. The molecular weight excluding hydrogens is 238 g/mol. The minimum Gasteiger partial charge on any atom is -0.355 e. The number of hydrogen-bond donors (Lipinski definition) is 2. The number of likely N-dealkylation sites (tertiary alicyclic amines) is 1. The first-order valence-corrected chi connectivity index (χ1v) is 6.49. The Kier molecular flexibility index (Phi) is 6.23. The lowest BCUT2D eigenvalue weighted by molar-refractivity contribution is -0.126. The highest BCUT2D eigenvalue weighted by Gasteiger charge is 2.29. The van der Waals surface area contributed by atoms with E-state index >= 15 is 0 Å². The van der Waals surface area contributed by atoms with Gasteiger partial charge in [0.2, 0.25) is 5.91 Å². The Morgan fingerprint density at radius 2 is 2.12 bits per heavy atom. The maximum absolute atomic E-state index is 11.8. The fourth-order valence-corrected chi connectivity index (χ4v) is 2.44. The van der Waals surface area contributed by atoms with Gasteiger partial charge in [0, 0.05) is 26.2 Å². The van der Waals surface area contributed by atoms with Gasteiger partial charge in [-0.15, -0.1) is 12.4 Å². The first-order valence-electron chi connectivity index (χ1n) is 6.49. The number of nitrogens with one attached hydrogen (secondary N) is 1.